The van der Waals surface area contributed by atoms with E-state index in [1.807, 2.05) is 66.5 Å². The highest BCUT2D eigenvalue weighted by atomic mass is 35.5. The van der Waals surface area contributed by atoms with Crippen molar-refractivity contribution < 1.29 is 13.9 Å². The van der Waals surface area contributed by atoms with E-state index in [1.54, 1.807) is 6.07 Å². The Morgan fingerprint density at radius 1 is 1.06 bits per heavy atom. The van der Waals surface area contributed by atoms with Gasteiger partial charge in [0.1, 0.15) is 11.6 Å². The summed E-state index contributed by atoms with van der Waals surface area (Å²) in [5.74, 6) is 0.355. The molecule has 0 radical (unpaired) electrons. The molecule has 3 unspecified atom stereocenters. The summed E-state index contributed by atoms with van der Waals surface area (Å²) >= 11 is 6.32. The van der Waals surface area contributed by atoms with Crippen LogP contribution in [0.2, 0.25) is 5.02 Å². The molecule has 0 spiro atoms. The van der Waals surface area contributed by atoms with Gasteiger partial charge in [-0.2, -0.15) is 0 Å². The van der Waals surface area contributed by atoms with E-state index >= 15 is 0 Å². The third-order valence-corrected chi connectivity index (χ3v) is 7.02. The molecule has 0 saturated carbocycles. The second-order valence-corrected chi connectivity index (χ2v) is 9.84. The highest BCUT2D eigenvalue weighted by Crippen LogP contribution is 2.32. The lowest BCUT2D eigenvalue weighted by molar-refractivity contribution is -0.139. The molecule has 5 nitrogen and oxygen atoms in total. The maximum Gasteiger partial charge on any atom is 0.260 e. The minimum Gasteiger partial charge on any atom is -0.483 e. The van der Waals surface area contributed by atoms with E-state index in [0.717, 1.165) is 29.8 Å². The van der Waals surface area contributed by atoms with Crippen molar-refractivity contribution in [3.05, 3.63) is 100 Å². The van der Waals surface area contributed by atoms with Crippen molar-refractivity contribution in [2.75, 3.05) is 26.7 Å². The average Bonchev–Trinajstić information content (AvgIpc) is 2.88. The van der Waals surface area contributed by atoms with Crippen molar-refractivity contribution >= 4 is 17.5 Å². The SMILES string of the molecule is CNC(c1ccccc1)c1cc(Cl)ccc1OCC(=O)N1CC(C)N(Cc2ccc(F)cc2)CC1C. The largest absolute Gasteiger partial charge is 0.483 e. The first-order valence-electron chi connectivity index (χ1n) is 12.3. The number of benzene rings is 3. The van der Waals surface area contributed by atoms with E-state index in [9.17, 15) is 9.18 Å². The normalized spacial score (nSPS) is 19.2. The fraction of sp³-hybridized carbons (Fsp3) is 0.345. The number of amides is 1. The Balaban J connectivity index is 1.41. The Bertz CT molecular complexity index is 1160. The van der Waals surface area contributed by atoms with Gasteiger partial charge in [-0.3, -0.25) is 9.69 Å². The van der Waals surface area contributed by atoms with E-state index in [4.69, 9.17) is 16.3 Å². The second kappa shape index (κ2) is 11.9. The summed E-state index contributed by atoms with van der Waals surface area (Å²) in [6.07, 6.45) is 0. The molecule has 0 bridgehead atoms. The number of carbonyl (C=O) groups is 1. The maximum absolute atomic E-state index is 13.3. The smallest absolute Gasteiger partial charge is 0.260 e. The van der Waals surface area contributed by atoms with Crippen LogP contribution in [0.3, 0.4) is 0 Å². The predicted octanol–water partition coefficient (Wildman–Crippen LogP) is 5.29. The fourth-order valence-electron chi connectivity index (χ4n) is 4.84. The highest BCUT2D eigenvalue weighted by molar-refractivity contribution is 6.30. The molecule has 4 rings (SSSR count). The number of halogens is 2. The molecule has 1 fully saturated rings. The maximum atomic E-state index is 13.3. The predicted molar refractivity (Wildman–Crippen MR) is 142 cm³/mol. The minimum atomic E-state index is -0.232. The van der Waals surface area contributed by atoms with Crippen molar-refractivity contribution in [1.82, 2.24) is 15.1 Å². The molecule has 190 valence electrons. The van der Waals surface area contributed by atoms with Gasteiger partial charge in [-0.1, -0.05) is 54.1 Å². The number of nitrogens with zero attached hydrogens (tertiary/aromatic N) is 2. The third kappa shape index (κ3) is 6.25. The first kappa shape index (κ1) is 26.1. The number of ether oxygens (including phenoxy) is 1. The van der Waals surface area contributed by atoms with Gasteiger partial charge in [0.15, 0.2) is 6.61 Å². The Morgan fingerprint density at radius 3 is 2.47 bits per heavy atom. The molecule has 1 saturated heterocycles. The number of hydrogen-bond acceptors (Lipinski definition) is 4. The van der Waals surface area contributed by atoms with Crippen LogP contribution in [0.5, 0.6) is 5.75 Å². The zero-order valence-corrected chi connectivity index (χ0v) is 21.7. The zero-order valence-electron chi connectivity index (χ0n) is 21.0. The van der Waals surface area contributed by atoms with Gasteiger partial charge < -0.3 is 15.0 Å². The van der Waals surface area contributed by atoms with E-state index in [2.05, 4.69) is 24.1 Å². The van der Waals surface area contributed by atoms with Crippen LogP contribution < -0.4 is 10.1 Å². The molecular weight excluding hydrogens is 477 g/mol. The van der Waals surface area contributed by atoms with Crippen molar-refractivity contribution in [2.45, 2.75) is 38.5 Å². The molecule has 1 heterocycles. The van der Waals surface area contributed by atoms with Crippen molar-refractivity contribution in [2.24, 2.45) is 0 Å². The van der Waals surface area contributed by atoms with Gasteiger partial charge >= 0.3 is 0 Å². The summed E-state index contributed by atoms with van der Waals surface area (Å²) in [5.41, 5.74) is 3.03. The molecule has 0 aliphatic carbocycles. The van der Waals surface area contributed by atoms with Crippen LogP contribution >= 0.6 is 11.6 Å². The number of hydrogen-bond donors (Lipinski definition) is 1. The highest BCUT2D eigenvalue weighted by Gasteiger charge is 2.32. The lowest BCUT2D eigenvalue weighted by atomic mass is 9.98. The van der Waals surface area contributed by atoms with Gasteiger partial charge in [-0.25, -0.2) is 4.39 Å². The topological polar surface area (TPSA) is 44.8 Å². The Hall–Kier alpha value is -2.93. The lowest BCUT2D eigenvalue weighted by Crippen LogP contribution is -2.58. The van der Waals surface area contributed by atoms with E-state index in [1.165, 1.54) is 12.1 Å². The molecular formula is C29H33ClFN3O2. The summed E-state index contributed by atoms with van der Waals surface area (Å²) in [6, 6.07) is 22.2. The number of rotatable bonds is 8. The third-order valence-electron chi connectivity index (χ3n) is 6.79. The zero-order chi connectivity index (χ0) is 25.7. The summed E-state index contributed by atoms with van der Waals surface area (Å²) in [7, 11) is 1.89. The van der Waals surface area contributed by atoms with Crippen LogP contribution in [0.4, 0.5) is 4.39 Å². The monoisotopic (exact) mass is 509 g/mol. The summed E-state index contributed by atoms with van der Waals surface area (Å²) in [5, 5.41) is 3.94. The molecule has 7 heteroatoms. The molecule has 0 aromatic heterocycles. The van der Waals surface area contributed by atoms with E-state index in [0.29, 0.717) is 17.3 Å². The summed E-state index contributed by atoms with van der Waals surface area (Å²) in [6.45, 7) is 6.21. The van der Waals surface area contributed by atoms with Crippen LogP contribution in [0, 0.1) is 5.82 Å². The van der Waals surface area contributed by atoms with Crippen molar-refractivity contribution in [3.8, 4) is 5.75 Å². The quantitative estimate of drug-likeness (QED) is 0.448. The summed E-state index contributed by atoms with van der Waals surface area (Å²) in [4.78, 5) is 17.4. The standard InChI is InChI=1S/C29H33ClFN3O2/c1-20-17-34(21(2)16-33(20)18-22-9-12-25(31)13-10-22)28(35)19-36-27-14-11-24(30)15-26(27)29(32-3)23-7-5-4-6-8-23/h4-15,20-21,29,32H,16-19H2,1-3H3. The second-order valence-electron chi connectivity index (χ2n) is 9.40. The number of nitrogens with one attached hydrogen (secondary N) is 1. The van der Waals surface area contributed by atoms with Crippen LogP contribution in [-0.4, -0.2) is 54.5 Å². The van der Waals surface area contributed by atoms with Gasteiger partial charge in [-0.15, -0.1) is 0 Å². The fourth-order valence-corrected chi connectivity index (χ4v) is 5.02. The molecule has 1 N–H and O–H groups in total. The van der Waals surface area contributed by atoms with Gasteiger partial charge in [-0.05, 0) is 62.4 Å². The molecule has 3 atom stereocenters. The molecule has 1 amide bonds. The van der Waals surface area contributed by atoms with Crippen molar-refractivity contribution in [1.29, 1.82) is 0 Å². The van der Waals surface area contributed by atoms with Gasteiger partial charge in [0, 0.05) is 42.3 Å². The van der Waals surface area contributed by atoms with Gasteiger partial charge in [0.2, 0.25) is 0 Å². The Morgan fingerprint density at radius 2 is 1.78 bits per heavy atom. The van der Waals surface area contributed by atoms with Crippen LogP contribution in [0.25, 0.3) is 0 Å². The molecule has 1 aliphatic heterocycles. The average molecular weight is 510 g/mol. The molecule has 3 aromatic rings. The van der Waals surface area contributed by atoms with Gasteiger partial charge in [0.25, 0.3) is 5.91 Å². The Kier molecular flexibility index (Phi) is 8.62. The molecule has 3 aromatic carbocycles. The first-order chi connectivity index (χ1) is 17.4. The van der Waals surface area contributed by atoms with Crippen LogP contribution in [0.1, 0.15) is 36.6 Å². The van der Waals surface area contributed by atoms with Crippen molar-refractivity contribution in [3.63, 3.8) is 0 Å². The first-order valence-corrected chi connectivity index (χ1v) is 12.7. The Labute approximate surface area is 217 Å². The number of piperazine rings is 1. The lowest BCUT2D eigenvalue weighted by Gasteiger charge is -2.44. The summed E-state index contributed by atoms with van der Waals surface area (Å²) < 4.78 is 19.3. The van der Waals surface area contributed by atoms with Crippen LogP contribution in [0.15, 0.2) is 72.8 Å². The minimum absolute atomic E-state index is 0.0387. The molecule has 1 aliphatic rings. The molecule has 36 heavy (non-hydrogen) atoms. The van der Waals surface area contributed by atoms with E-state index < -0.39 is 0 Å². The van der Waals surface area contributed by atoms with E-state index in [-0.39, 0.29) is 36.5 Å². The van der Waals surface area contributed by atoms with Gasteiger partial charge in [0.05, 0.1) is 6.04 Å². The number of carbonyl (C=O) groups excluding carboxylic acids is 1. The van der Waals surface area contributed by atoms with Crippen LogP contribution in [-0.2, 0) is 11.3 Å².